The van der Waals surface area contributed by atoms with Crippen molar-refractivity contribution in [1.82, 2.24) is 20.5 Å². The summed E-state index contributed by atoms with van der Waals surface area (Å²) < 4.78 is 42.5. The number of benzene rings is 1. The predicted octanol–water partition coefficient (Wildman–Crippen LogP) is 2.04. The van der Waals surface area contributed by atoms with Crippen LogP contribution in [0.3, 0.4) is 0 Å². The first-order valence-corrected chi connectivity index (χ1v) is 7.39. The van der Waals surface area contributed by atoms with E-state index in [0.29, 0.717) is 11.3 Å². The molecule has 11 heteroatoms. The third-order valence-electron chi connectivity index (χ3n) is 3.29. The van der Waals surface area contributed by atoms with E-state index >= 15 is 0 Å². The molecule has 2 rings (SSSR count). The van der Waals surface area contributed by atoms with Crippen molar-refractivity contribution in [2.45, 2.75) is 25.6 Å². The number of aromatic amines is 1. The van der Waals surface area contributed by atoms with Gasteiger partial charge in [-0.2, -0.15) is 18.2 Å². The monoisotopic (exact) mass is 371 g/mol. The zero-order valence-electron chi connectivity index (χ0n) is 13.8. The second kappa shape index (κ2) is 7.85. The van der Waals surface area contributed by atoms with Crippen molar-refractivity contribution in [1.29, 1.82) is 0 Å². The Balaban J connectivity index is 2.08. The van der Waals surface area contributed by atoms with Crippen LogP contribution in [0.2, 0.25) is 0 Å². The van der Waals surface area contributed by atoms with Crippen LogP contribution in [0.15, 0.2) is 24.3 Å². The van der Waals surface area contributed by atoms with Crippen molar-refractivity contribution >= 4 is 17.8 Å². The molecule has 0 saturated carbocycles. The third kappa shape index (κ3) is 5.19. The number of amides is 2. The van der Waals surface area contributed by atoms with E-state index in [-0.39, 0.29) is 12.3 Å². The van der Waals surface area contributed by atoms with E-state index < -0.39 is 29.9 Å². The lowest BCUT2D eigenvalue weighted by atomic mass is 10.0. The highest BCUT2D eigenvalue weighted by atomic mass is 19.4. The van der Waals surface area contributed by atoms with Crippen LogP contribution < -0.4 is 15.4 Å². The average molecular weight is 371 g/mol. The van der Waals surface area contributed by atoms with Gasteiger partial charge in [0, 0.05) is 6.92 Å². The Bertz CT molecular complexity index is 774. The number of carbonyl (C=O) groups excluding carboxylic acids is 2. The highest BCUT2D eigenvalue weighted by molar-refractivity contribution is 5.89. The second-order valence-corrected chi connectivity index (χ2v) is 5.28. The lowest BCUT2D eigenvalue weighted by Crippen LogP contribution is -2.30. The van der Waals surface area contributed by atoms with Crippen LogP contribution in [0.25, 0.3) is 0 Å². The summed E-state index contributed by atoms with van der Waals surface area (Å²) in [7, 11) is 1.50. The lowest BCUT2D eigenvalue weighted by Gasteiger charge is -2.18. The van der Waals surface area contributed by atoms with Crippen LogP contribution in [0.1, 0.15) is 30.8 Å². The Kier molecular flexibility index (Phi) is 5.80. The van der Waals surface area contributed by atoms with Gasteiger partial charge in [-0.1, -0.05) is 12.1 Å². The second-order valence-electron chi connectivity index (χ2n) is 5.28. The van der Waals surface area contributed by atoms with Crippen molar-refractivity contribution in [2.75, 3.05) is 12.4 Å². The number of hydrogen-bond acceptors (Lipinski definition) is 5. The van der Waals surface area contributed by atoms with Crippen LogP contribution in [0.5, 0.6) is 5.75 Å². The zero-order chi connectivity index (χ0) is 19.3. The molecule has 0 fully saturated rings. The predicted molar refractivity (Wildman–Crippen MR) is 84.2 cm³/mol. The van der Waals surface area contributed by atoms with Gasteiger partial charge in [0.15, 0.2) is 0 Å². The molecule has 1 aromatic carbocycles. The minimum Gasteiger partial charge on any atom is -0.497 e. The van der Waals surface area contributed by atoms with Crippen LogP contribution in [0, 0.1) is 0 Å². The number of rotatable bonds is 6. The minimum absolute atomic E-state index is 0.220. The van der Waals surface area contributed by atoms with Crippen LogP contribution >= 0.6 is 0 Å². The number of aromatic nitrogens is 3. The van der Waals surface area contributed by atoms with Gasteiger partial charge in [0.2, 0.25) is 23.6 Å². The number of alkyl halides is 3. The molecule has 0 spiro atoms. The SMILES string of the molecule is COc1ccc(C(CC(=O)Nc2n[nH]c(C(F)(F)F)n2)NC(C)=O)cc1. The summed E-state index contributed by atoms with van der Waals surface area (Å²) in [5.74, 6) is -2.25. The Morgan fingerprint density at radius 1 is 1.27 bits per heavy atom. The van der Waals surface area contributed by atoms with E-state index in [1.165, 1.54) is 14.0 Å². The number of nitrogens with zero attached hydrogens (tertiary/aromatic N) is 2. The number of anilines is 1. The molecule has 3 N–H and O–H groups in total. The summed E-state index contributed by atoms with van der Waals surface area (Å²) in [5.41, 5.74) is 0.627. The van der Waals surface area contributed by atoms with Crippen molar-refractivity contribution < 1.29 is 27.5 Å². The summed E-state index contributed by atoms with van der Waals surface area (Å²) in [5, 5.41) is 9.76. The standard InChI is InChI=1S/C15H16F3N5O3/c1-8(24)19-11(9-3-5-10(26-2)6-4-9)7-12(25)20-14-21-13(22-23-14)15(16,17)18/h3-6,11H,7H2,1-2H3,(H,19,24)(H2,20,21,22,23,25). The lowest BCUT2D eigenvalue weighted by molar-refractivity contribution is -0.144. The molecular weight excluding hydrogens is 355 g/mol. The number of H-pyrrole nitrogens is 1. The Morgan fingerprint density at radius 2 is 1.92 bits per heavy atom. The van der Waals surface area contributed by atoms with Crippen LogP contribution in [-0.2, 0) is 15.8 Å². The van der Waals surface area contributed by atoms with Gasteiger partial charge in [0.05, 0.1) is 19.6 Å². The fourth-order valence-corrected chi connectivity index (χ4v) is 2.14. The number of nitrogens with one attached hydrogen (secondary N) is 3. The van der Waals surface area contributed by atoms with E-state index in [1.807, 2.05) is 0 Å². The highest BCUT2D eigenvalue weighted by Crippen LogP contribution is 2.26. The number of ether oxygens (including phenoxy) is 1. The molecule has 2 aromatic rings. The highest BCUT2D eigenvalue weighted by Gasteiger charge is 2.35. The first-order valence-electron chi connectivity index (χ1n) is 7.39. The van der Waals surface area contributed by atoms with Crippen molar-refractivity contribution in [2.24, 2.45) is 0 Å². The van der Waals surface area contributed by atoms with Crippen LogP contribution in [-0.4, -0.2) is 34.1 Å². The van der Waals surface area contributed by atoms with Gasteiger partial charge in [0.25, 0.3) is 0 Å². The molecule has 2 amide bonds. The number of methoxy groups -OCH3 is 1. The molecule has 8 nitrogen and oxygen atoms in total. The first-order chi connectivity index (χ1) is 12.2. The minimum atomic E-state index is -4.70. The summed E-state index contributed by atoms with van der Waals surface area (Å²) in [4.78, 5) is 26.6. The summed E-state index contributed by atoms with van der Waals surface area (Å²) in [6.45, 7) is 1.29. The van der Waals surface area contributed by atoms with E-state index in [2.05, 4.69) is 20.7 Å². The fraction of sp³-hybridized carbons (Fsp3) is 0.333. The van der Waals surface area contributed by atoms with E-state index in [0.717, 1.165) is 0 Å². The van der Waals surface area contributed by atoms with Gasteiger partial charge in [0.1, 0.15) is 5.75 Å². The van der Waals surface area contributed by atoms with Gasteiger partial charge in [-0.25, -0.2) is 0 Å². The van der Waals surface area contributed by atoms with Gasteiger partial charge in [-0.3, -0.25) is 20.0 Å². The average Bonchev–Trinajstić information content (AvgIpc) is 3.02. The summed E-state index contributed by atoms with van der Waals surface area (Å²) >= 11 is 0. The van der Waals surface area contributed by atoms with Crippen molar-refractivity contribution in [3.05, 3.63) is 35.7 Å². The third-order valence-corrected chi connectivity index (χ3v) is 3.29. The zero-order valence-corrected chi connectivity index (χ0v) is 13.8. The maximum absolute atomic E-state index is 12.5. The quantitative estimate of drug-likeness (QED) is 0.720. The van der Waals surface area contributed by atoms with Crippen LogP contribution in [0.4, 0.5) is 19.1 Å². The van der Waals surface area contributed by atoms with E-state index in [1.54, 1.807) is 29.4 Å². The molecule has 0 saturated heterocycles. The molecule has 1 heterocycles. The number of hydrogen-bond donors (Lipinski definition) is 3. The largest absolute Gasteiger partial charge is 0.497 e. The molecule has 0 bridgehead atoms. The van der Waals surface area contributed by atoms with Crippen molar-refractivity contribution in [3.8, 4) is 5.75 Å². The molecule has 0 radical (unpaired) electrons. The Labute approximate surface area is 146 Å². The molecule has 0 aliphatic rings. The maximum Gasteiger partial charge on any atom is 0.451 e. The topological polar surface area (TPSA) is 109 Å². The normalized spacial score (nSPS) is 12.3. The first kappa shape index (κ1) is 19.2. The van der Waals surface area contributed by atoms with Crippen molar-refractivity contribution in [3.63, 3.8) is 0 Å². The molecule has 1 aromatic heterocycles. The van der Waals surface area contributed by atoms with E-state index in [9.17, 15) is 22.8 Å². The summed E-state index contributed by atoms with van der Waals surface area (Å²) in [6, 6.07) is 5.97. The van der Waals surface area contributed by atoms with Gasteiger partial charge < -0.3 is 10.1 Å². The smallest absolute Gasteiger partial charge is 0.451 e. The molecule has 1 atom stereocenters. The molecule has 0 aliphatic carbocycles. The van der Waals surface area contributed by atoms with Gasteiger partial charge in [-0.15, -0.1) is 5.10 Å². The van der Waals surface area contributed by atoms with Gasteiger partial charge in [-0.05, 0) is 17.7 Å². The molecular formula is C15H16F3N5O3. The summed E-state index contributed by atoms with van der Waals surface area (Å²) in [6.07, 6.45) is -4.92. The Hall–Kier alpha value is -3.11. The fourth-order valence-electron chi connectivity index (χ4n) is 2.14. The van der Waals surface area contributed by atoms with Gasteiger partial charge >= 0.3 is 6.18 Å². The number of halogens is 3. The molecule has 140 valence electrons. The molecule has 1 unspecified atom stereocenters. The number of carbonyl (C=O) groups is 2. The molecule has 0 aliphatic heterocycles. The Morgan fingerprint density at radius 3 is 2.42 bits per heavy atom. The molecule has 26 heavy (non-hydrogen) atoms. The maximum atomic E-state index is 12.5. The van der Waals surface area contributed by atoms with E-state index in [4.69, 9.17) is 4.74 Å².